The van der Waals surface area contributed by atoms with Crippen LogP contribution in [0.3, 0.4) is 0 Å². The van der Waals surface area contributed by atoms with E-state index in [2.05, 4.69) is 40.8 Å². The molecule has 0 radical (unpaired) electrons. The topological polar surface area (TPSA) is 51.0 Å². The molecule has 1 aromatic heterocycles. The minimum absolute atomic E-state index is 0.803. The highest BCUT2D eigenvalue weighted by atomic mass is 16.6. The standard InChI is InChI=1S/C16H15N3O/c1-10-7-11-5-6-17-9-12(11)8-14(10)13-3-2-4-15-16(13)19-20-18-15/h2-4,7-8,17H,5-6,9H2,1H3. The number of aryl methyl sites for hydroxylation is 1. The molecule has 3 aromatic rings. The number of hydrogen-bond donors (Lipinski definition) is 1. The van der Waals surface area contributed by atoms with Crippen LogP contribution in [0.25, 0.3) is 22.2 Å². The monoisotopic (exact) mass is 265 g/mol. The van der Waals surface area contributed by atoms with E-state index < -0.39 is 0 Å². The Labute approximate surface area is 116 Å². The van der Waals surface area contributed by atoms with E-state index in [1.807, 2.05) is 12.1 Å². The van der Waals surface area contributed by atoms with Gasteiger partial charge in [0.25, 0.3) is 0 Å². The van der Waals surface area contributed by atoms with E-state index in [4.69, 9.17) is 4.63 Å². The minimum Gasteiger partial charge on any atom is -0.312 e. The van der Waals surface area contributed by atoms with Gasteiger partial charge in [-0.25, -0.2) is 4.63 Å². The first-order valence-electron chi connectivity index (χ1n) is 6.88. The van der Waals surface area contributed by atoms with Crippen molar-refractivity contribution in [2.24, 2.45) is 0 Å². The molecule has 0 atom stereocenters. The van der Waals surface area contributed by atoms with Crippen LogP contribution in [0.15, 0.2) is 35.0 Å². The SMILES string of the molecule is Cc1cc2c(cc1-c1cccc3nonc13)CNCC2. The Morgan fingerprint density at radius 2 is 2.05 bits per heavy atom. The van der Waals surface area contributed by atoms with Gasteiger partial charge in [-0.1, -0.05) is 18.2 Å². The first-order valence-corrected chi connectivity index (χ1v) is 6.88. The van der Waals surface area contributed by atoms with Gasteiger partial charge in [0.2, 0.25) is 0 Å². The highest BCUT2D eigenvalue weighted by Gasteiger charge is 2.15. The lowest BCUT2D eigenvalue weighted by atomic mass is 9.91. The molecule has 1 aliphatic heterocycles. The van der Waals surface area contributed by atoms with Crippen molar-refractivity contribution < 1.29 is 4.63 Å². The summed E-state index contributed by atoms with van der Waals surface area (Å²) < 4.78 is 4.87. The van der Waals surface area contributed by atoms with Crippen LogP contribution in [0.4, 0.5) is 0 Å². The molecule has 4 nitrogen and oxygen atoms in total. The molecule has 20 heavy (non-hydrogen) atoms. The molecular formula is C16H15N3O. The van der Waals surface area contributed by atoms with Crippen molar-refractivity contribution in [3.8, 4) is 11.1 Å². The van der Waals surface area contributed by atoms with Gasteiger partial charge in [0, 0.05) is 12.1 Å². The molecule has 0 spiro atoms. The highest BCUT2D eigenvalue weighted by Crippen LogP contribution is 2.32. The zero-order chi connectivity index (χ0) is 13.5. The zero-order valence-electron chi connectivity index (χ0n) is 11.3. The summed E-state index contributed by atoms with van der Waals surface area (Å²) in [7, 11) is 0. The third kappa shape index (κ3) is 1.72. The largest absolute Gasteiger partial charge is 0.312 e. The summed E-state index contributed by atoms with van der Waals surface area (Å²) in [4.78, 5) is 0. The summed E-state index contributed by atoms with van der Waals surface area (Å²) >= 11 is 0. The van der Waals surface area contributed by atoms with E-state index in [1.165, 1.54) is 22.3 Å². The second kappa shape index (κ2) is 4.42. The lowest BCUT2D eigenvalue weighted by Crippen LogP contribution is -2.23. The van der Waals surface area contributed by atoms with Crippen LogP contribution in [0.5, 0.6) is 0 Å². The second-order valence-corrected chi connectivity index (χ2v) is 5.30. The summed E-state index contributed by atoms with van der Waals surface area (Å²) in [5.74, 6) is 0. The van der Waals surface area contributed by atoms with Gasteiger partial charge < -0.3 is 5.32 Å². The Morgan fingerprint density at radius 3 is 3.00 bits per heavy atom. The molecule has 4 rings (SSSR count). The summed E-state index contributed by atoms with van der Waals surface area (Å²) in [6.07, 6.45) is 1.10. The van der Waals surface area contributed by atoms with Crippen LogP contribution in [-0.2, 0) is 13.0 Å². The number of fused-ring (bicyclic) bond motifs is 2. The Kier molecular flexibility index (Phi) is 2.57. The van der Waals surface area contributed by atoms with Gasteiger partial charge in [0.05, 0.1) is 0 Å². The molecule has 100 valence electrons. The highest BCUT2D eigenvalue weighted by molar-refractivity contribution is 5.92. The molecule has 0 unspecified atom stereocenters. The van der Waals surface area contributed by atoms with Gasteiger partial charge >= 0.3 is 0 Å². The predicted molar refractivity (Wildman–Crippen MR) is 77.4 cm³/mol. The maximum Gasteiger partial charge on any atom is 0.143 e. The van der Waals surface area contributed by atoms with Crippen molar-refractivity contribution in [2.75, 3.05) is 6.54 Å². The van der Waals surface area contributed by atoms with E-state index in [1.54, 1.807) is 0 Å². The van der Waals surface area contributed by atoms with Crippen molar-refractivity contribution in [1.29, 1.82) is 0 Å². The molecule has 0 bridgehead atoms. The van der Waals surface area contributed by atoms with Crippen molar-refractivity contribution >= 4 is 11.0 Å². The molecule has 2 heterocycles. The fourth-order valence-electron chi connectivity index (χ4n) is 2.97. The molecule has 0 saturated heterocycles. The lowest BCUT2D eigenvalue weighted by molar-refractivity contribution is 0.315. The summed E-state index contributed by atoms with van der Waals surface area (Å²) in [5.41, 5.74) is 8.06. The maximum atomic E-state index is 4.87. The number of nitrogens with zero attached hydrogens (tertiary/aromatic N) is 2. The fraction of sp³-hybridized carbons (Fsp3) is 0.250. The van der Waals surface area contributed by atoms with Gasteiger partial charge in [-0.15, -0.1) is 0 Å². The van der Waals surface area contributed by atoms with Crippen LogP contribution < -0.4 is 5.32 Å². The third-order valence-electron chi connectivity index (χ3n) is 4.01. The van der Waals surface area contributed by atoms with Crippen molar-refractivity contribution in [1.82, 2.24) is 15.6 Å². The average molecular weight is 265 g/mol. The fourth-order valence-corrected chi connectivity index (χ4v) is 2.97. The zero-order valence-corrected chi connectivity index (χ0v) is 11.3. The van der Waals surface area contributed by atoms with E-state index >= 15 is 0 Å². The molecule has 4 heteroatoms. The van der Waals surface area contributed by atoms with E-state index in [9.17, 15) is 0 Å². The van der Waals surface area contributed by atoms with Gasteiger partial charge in [0.1, 0.15) is 11.0 Å². The summed E-state index contributed by atoms with van der Waals surface area (Å²) in [5, 5.41) is 11.4. The number of nitrogens with one attached hydrogen (secondary N) is 1. The van der Waals surface area contributed by atoms with Crippen molar-refractivity contribution in [2.45, 2.75) is 19.9 Å². The predicted octanol–water partition coefficient (Wildman–Crippen LogP) is 2.84. The van der Waals surface area contributed by atoms with Crippen LogP contribution >= 0.6 is 0 Å². The Balaban J connectivity index is 1.96. The Bertz CT molecular complexity index is 792. The van der Waals surface area contributed by atoms with E-state index in [0.29, 0.717) is 0 Å². The molecule has 2 aromatic carbocycles. The molecule has 1 N–H and O–H groups in total. The van der Waals surface area contributed by atoms with Gasteiger partial charge in [0.15, 0.2) is 0 Å². The molecule has 0 fully saturated rings. The number of hydrogen-bond acceptors (Lipinski definition) is 4. The number of rotatable bonds is 1. The van der Waals surface area contributed by atoms with Crippen molar-refractivity contribution in [3.63, 3.8) is 0 Å². The first-order chi connectivity index (χ1) is 9.83. The number of aromatic nitrogens is 2. The molecule has 0 aliphatic carbocycles. The van der Waals surface area contributed by atoms with Crippen LogP contribution in [0.1, 0.15) is 16.7 Å². The molecule has 0 saturated carbocycles. The average Bonchev–Trinajstić information content (AvgIpc) is 2.95. The number of benzene rings is 2. The molecule has 1 aliphatic rings. The van der Waals surface area contributed by atoms with Gasteiger partial charge in [-0.3, -0.25) is 0 Å². The lowest BCUT2D eigenvalue weighted by Gasteiger charge is -2.19. The second-order valence-electron chi connectivity index (χ2n) is 5.30. The third-order valence-corrected chi connectivity index (χ3v) is 4.01. The smallest absolute Gasteiger partial charge is 0.143 e. The Morgan fingerprint density at radius 1 is 1.10 bits per heavy atom. The maximum absolute atomic E-state index is 4.87. The van der Waals surface area contributed by atoms with Gasteiger partial charge in [-0.05, 0) is 64.6 Å². The first kappa shape index (κ1) is 11.6. The van der Waals surface area contributed by atoms with Crippen LogP contribution in [0, 0.1) is 6.92 Å². The Hall–Kier alpha value is -2.20. The van der Waals surface area contributed by atoms with Crippen LogP contribution in [0.2, 0.25) is 0 Å². The molecular weight excluding hydrogens is 250 g/mol. The normalized spacial score (nSPS) is 14.4. The van der Waals surface area contributed by atoms with Gasteiger partial charge in [-0.2, -0.15) is 0 Å². The quantitative estimate of drug-likeness (QED) is 0.735. The summed E-state index contributed by atoms with van der Waals surface area (Å²) in [6, 6.07) is 10.6. The van der Waals surface area contributed by atoms with Crippen molar-refractivity contribution in [3.05, 3.63) is 47.0 Å². The summed E-state index contributed by atoms with van der Waals surface area (Å²) in [6.45, 7) is 4.16. The minimum atomic E-state index is 0.803. The van der Waals surface area contributed by atoms with E-state index in [-0.39, 0.29) is 0 Å². The molecule has 0 amide bonds. The van der Waals surface area contributed by atoms with Crippen LogP contribution in [-0.4, -0.2) is 16.9 Å². The van der Waals surface area contributed by atoms with E-state index in [0.717, 1.165) is 36.1 Å².